The van der Waals surface area contributed by atoms with Crippen LogP contribution >= 0.6 is 11.3 Å². The van der Waals surface area contributed by atoms with E-state index >= 15 is 0 Å². The van der Waals surface area contributed by atoms with Crippen LogP contribution in [0.1, 0.15) is 37.2 Å². The maximum absolute atomic E-state index is 12.6. The molecule has 4 nitrogen and oxygen atoms in total. The number of anilines is 2. The lowest BCUT2D eigenvalue weighted by molar-refractivity contribution is 0.0757. The van der Waals surface area contributed by atoms with Crippen molar-refractivity contribution < 1.29 is 4.79 Å². The topological polar surface area (TPSA) is 45.2 Å². The highest BCUT2D eigenvalue weighted by atomic mass is 32.1. The number of nitrogens with zero attached hydrogens (tertiary/aromatic N) is 2. The molecule has 130 valence electrons. The number of amides is 1. The molecular weight excluding hydrogens is 330 g/mol. The number of hydrogen-bond donors (Lipinski definition) is 1. The van der Waals surface area contributed by atoms with Gasteiger partial charge >= 0.3 is 0 Å². The van der Waals surface area contributed by atoms with Crippen molar-refractivity contribution in [3.8, 4) is 0 Å². The van der Waals surface area contributed by atoms with E-state index in [1.165, 1.54) is 16.7 Å². The minimum absolute atomic E-state index is 0.0122. The summed E-state index contributed by atoms with van der Waals surface area (Å²) in [6, 6.07) is 14.4. The Morgan fingerprint density at radius 3 is 2.76 bits per heavy atom. The molecule has 0 spiro atoms. The maximum Gasteiger partial charge on any atom is 0.273 e. The Morgan fingerprint density at radius 2 is 1.96 bits per heavy atom. The molecule has 0 aliphatic carbocycles. The summed E-state index contributed by atoms with van der Waals surface area (Å²) in [5.74, 6) is 0.0122. The highest BCUT2D eigenvalue weighted by Crippen LogP contribution is 2.28. The van der Waals surface area contributed by atoms with Crippen molar-refractivity contribution in [2.24, 2.45) is 0 Å². The van der Waals surface area contributed by atoms with Gasteiger partial charge < -0.3 is 10.2 Å². The summed E-state index contributed by atoms with van der Waals surface area (Å²) in [6.45, 7) is 5.64. The molecule has 1 amide bonds. The van der Waals surface area contributed by atoms with Crippen molar-refractivity contribution >= 4 is 38.8 Å². The van der Waals surface area contributed by atoms with E-state index in [1.54, 1.807) is 0 Å². The fourth-order valence-electron chi connectivity index (χ4n) is 2.79. The quantitative estimate of drug-likeness (QED) is 0.627. The summed E-state index contributed by atoms with van der Waals surface area (Å²) in [5.41, 5.74) is 1.52. The van der Waals surface area contributed by atoms with Gasteiger partial charge in [0.25, 0.3) is 5.91 Å². The van der Waals surface area contributed by atoms with Crippen LogP contribution in [0.15, 0.2) is 47.8 Å². The number of aromatic nitrogens is 1. The third-order valence-corrected chi connectivity index (χ3v) is 4.96. The van der Waals surface area contributed by atoms with Crippen LogP contribution < -0.4 is 5.32 Å². The van der Waals surface area contributed by atoms with Crippen molar-refractivity contribution in [2.45, 2.75) is 26.7 Å². The van der Waals surface area contributed by atoms with E-state index in [9.17, 15) is 4.79 Å². The van der Waals surface area contributed by atoms with Gasteiger partial charge in [-0.2, -0.15) is 0 Å². The predicted octanol–water partition coefficient (Wildman–Crippen LogP) is 5.30. The molecule has 25 heavy (non-hydrogen) atoms. The van der Waals surface area contributed by atoms with Gasteiger partial charge in [-0.05, 0) is 24.8 Å². The Labute approximate surface area is 152 Å². The second kappa shape index (κ2) is 8.12. The molecule has 0 fully saturated rings. The van der Waals surface area contributed by atoms with Crippen molar-refractivity contribution in [2.75, 3.05) is 18.4 Å². The highest BCUT2D eigenvalue weighted by molar-refractivity contribution is 7.14. The summed E-state index contributed by atoms with van der Waals surface area (Å²) < 4.78 is 0. The highest BCUT2D eigenvalue weighted by Gasteiger charge is 2.17. The monoisotopic (exact) mass is 353 g/mol. The van der Waals surface area contributed by atoms with E-state index in [0.717, 1.165) is 35.6 Å². The molecule has 0 saturated heterocycles. The fourth-order valence-corrected chi connectivity index (χ4v) is 3.49. The van der Waals surface area contributed by atoms with Gasteiger partial charge in [-0.25, -0.2) is 4.98 Å². The molecule has 3 rings (SSSR count). The number of thiazole rings is 1. The number of fused-ring (bicyclic) bond motifs is 1. The molecule has 0 radical (unpaired) electrons. The predicted molar refractivity (Wildman–Crippen MR) is 106 cm³/mol. The Balaban J connectivity index is 1.78. The Kier molecular flexibility index (Phi) is 5.66. The van der Waals surface area contributed by atoms with Crippen LogP contribution in [0.4, 0.5) is 10.8 Å². The molecule has 0 atom stereocenters. The van der Waals surface area contributed by atoms with E-state index in [1.807, 2.05) is 41.5 Å². The van der Waals surface area contributed by atoms with Gasteiger partial charge in [-0.15, -0.1) is 11.3 Å². The Hall–Kier alpha value is -2.40. The van der Waals surface area contributed by atoms with Gasteiger partial charge in [-0.1, -0.05) is 49.7 Å². The molecule has 0 bridgehead atoms. The second-order valence-electron chi connectivity index (χ2n) is 5.93. The lowest BCUT2D eigenvalue weighted by atomic mass is 10.1. The normalized spacial score (nSPS) is 10.8. The summed E-state index contributed by atoms with van der Waals surface area (Å²) in [7, 11) is 0. The summed E-state index contributed by atoms with van der Waals surface area (Å²) in [5, 5.41) is 8.26. The number of rotatable bonds is 7. The van der Waals surface area contributed by atoms with E-state index in [4.69, 9.17) is 0 Å². The number of hydrogen-bond acceptors (Lipinski definition) is 4. The zero-order valence-electron chi connectivity index (χ0n) is 14.7. The average Bonchev–Trinajstić information content (AvgIpc) is 3.11. The van der Waals surface area contributed by atoms with Crippen LogP contribution in [0.25, 0.3) is 10.8 Å². The third kappa shape index (κ3) is 3.99. The molecule has 0 aliphatic heterocycles. The second-order valence-corrected chi connectivity index (χ2v) is 6.79. The minimum atomic E-state index is 0.0122. The standard InChI is InChI=1S/C20H23N3OS/c1-3-5-13-23(4-2)19(24)18-14-25-20(22-18)21-17-12-8-10-15-9-6-7-11-16(15)17/h6-12,14H,3-5,13H2,1-2H3,(H,21,22). The van der Waals surface area contributed by atoms with E-state index in [0.29, 0.717) is 12.2 Å². The first-order valence-corrected chi connectivity index (χ1v) is 9.60. The van der Waals surface area contributed by atoms with Gasteiger partial charge in [0.15, 0.2) is 5.13 Å². The number of nitrogens with one attached hydrogen (secondary N) is 1. The van der Waals surface area contributed by atoms with Crippen LogP contribution in [0.2, 0.25) is 0 Å². The lowest BCUT2D eigenvalue weighted by Gasteiger charge is -2.19. The molecule has 5 heteroatoms. The van der Waals surface area contributed by atoms with Crippen molar-refractivity contribution in [1.82, 2.24) is 9.88 Å². The lowest BCUT2D eigenvalue weighted by Crippen LogP contribution is -2.31. The SMILES string of the molecule is CCCCN(CC)C(=O)c1csc(Nc2cccc3ccccc23)n1. The first kappa shape index (κ1) is 17.4. The molecule has 1 aromatic heterocycles. The zero-order chi connectivity index (χ0) is 17.6. The molecular formula is C20H23N3OS. The molecule has 1 heterocycles. The zero-order valence-corrected chi connectivity index (χ0v) is 15.5. The van der Waals surface area contributed by atoms with Crippen LogP contribution in [0, 0.1) is 0 Å². The minimum Gasteiger partial charge on any atom is -0.338 e. The first-order chi connectivity index (χ1) is 12.2. The van der Waals surface area contributed by atoms with Gasteiger partial charge in [0.1, 0.15) is 5.69 Å². The number of benzene rings is 2. The van der Waals surface area contributed by atoms with Crippen molar-refractivity contribution in [3.63, 3.8) is 0 Å². The van der Waals surface area contributed by atoms with E-state index in [-0.39, 0.29) is 5.91 Å². The maximum atomic E-state index is 12.6. The number of carbonyl (C=O) groups is 1. The Morgan fingerprint density at radius 1 is 1.16 bits per heavy atom. The number of carbonyl (C=O) groups excluding carboxylic acids is 1. The average molecular weight is 353 g/mol. The first-order valence-electron chi connectivity index (χ1n) is 8.72. The van der Waals surface area contributed by atoms with Gasteiger partial charge in [0, 0.05) is 29.5 Å². The molecule has 3 aromatic rings. The van der Waals surface area contributed by atoms with Crippen LogP contribution in [-0.2, 0) is 0 Å². The van der Waals surface area contributed by atoms with Gasteiger partial charge in [-0.3, -0.25) is 4.79 Å². The van der Waals surface area contributed by atoms with E-state index < -0.39 is 0 Å². The van der Waals surface area contributed by atoms with Crippen molar-refractivity contribution in [3.05, 3.63) is 53.5 Å². The number of unbranched alkanes of at least 4 members (excludes halogenated alkanes) is 1. The van der Waals surface area contributed by atoms with Crippen LogP contribution in [0.5, 0.6) is 0 Å². The van der Waals surface area contributed by atoms with Crippen LogP contribution in [-0.4, -0.2) is 28.9 Å². The van der Waals surface area contributed by atoms with Gasteiger partial charge in [0.2, 0.25) is 0 Å². The third-order valence-electron chi connectivity index (χ3n) is 4.21. The smallest absolute Gasteiger partial charge is 0.273 e. The molecule has 1 N–H and O–H groups in total. The van der Waals surface area contributed by atoms with Gasteiger partial charge in [0.05, 0.1) is 0 Å². The molecule has 0 aliphatic rings. The summed E-state index contributed by atoms with van der Waals surface area (Å²) >= 11 is 1.46. The molecule has 0 saturated carbocycles. The summed E-state index contributed by atoms with van der Waals surface area (Å²) in [6.07, 6.45) is 2.10. The summed E-state index contributed by atoms with van der Waals surface area (Å²) in [4.78, 5) is 19.0. The Bertz CT molecular complexity index is 854. The fraction of sp³-hybridized carbons (Fsp3) is 0.300. The molecule has 0 unspecified atom stereocenters. The van der Waals surface area contributed by atoms with Crippen LogP contribution in [0.3, 0.4) is 0 Å². The van der Waals surface area contributed by atoms with E-state index in [2.05, 4.69) is 35.4 Å². The largest absolute Gasteiger partial charge is 0.338 e. The molecule has 2 aromatic carbocycles. The van der Waals surface area contributed by atoms with Crippen molar-refractivity contribution in [1.29, 1.82) is 0 Å².